The third-order valence-electron chi connectivity index (χ3n) is 3.83. The molecule has 2 heterocycles. The van der Waals surface area contributed by atoms with E-state index in [1.54, 1.807) is 42.5 Å². The second-order valence-corrected chi connectivity index (χ2v) is 6.59. The summed E-state index contributed by atoms with van der Waals surface area (Å²) >= 11 is 1.61. The number of hydrogen-bond donors (Lipinski definition) is 0. The van der Waals surface area contributed by atoms with Gasteiger partial charge in [-0.05, 0) is 42.8 Å². The maximum atomic E-state index is 11.4. The highest BCUT2D eigenvalue weighted by Crippen LogP contribution is 2.36. The van der Waals surface area contributed by atoms with E-state index in [9.17, 15) is 4.79 Å². The first-order valence-electron chi connectivity index (χ1n) is 7.79. The molecule has 0 N–H and O–H groups in total. The van der Waals surface area contributed by atoms with Crippen LogP contribution in [0.15, 0.2) is 67.0 Å². The predicted octanol–water partition coefficient (Wildman–Crippen LogP) is 5.35. The molecule has 0 unspecified atom stereocenters. The van der Waals surface area contributed by atoms with Crippen LogP contribution < -0.4 is 4.74 Å². The summed E-state index contributed by atoms with van der Waals surface area (Å²) in [5.41, 5.74) is 1.80. The molecule has 0 spiro atoms. The minimum absolute atomic E-state index is 0.0290. The summed E-state index contributed by atoms with van der Waals surface area (Å²) in [5, 5.41) is 0.877. The molecule has 0 amide bonds. The molecule has 4 rings (SSSR count). The smallest absolute Gasteiger partial charge is 0.231 e. The van der Waals surface area contributed by atoms with E-state index >= 15 is 0 Å². The van der Waals surface area contributed by atoms with E-state index in [-0.39, 0.29) is 5.78 Å². The van der Waals surface area contributed by atoms with Crippen molar-refractivity contribution < 1.29 is 9.53 Å². The number of nitrogens with zero attached hydrogens (tertiary/aromatic N) is 2. The molecule has 2 aromatic heterocycles. The lowest BCUT2D eigenvalue weighted by atomic mass is 10.1. The molecule has 0 aliphatic rings. The van der Waals surface area contributed by atoms with E-state index in [0.717, 1.165) is 20.7 Å². The number of hydrogen-bond acceptors (Lipinski definition) is 5. The summed E-state index contributed by atoms with van der Waals surface area (Å²) in [6.45, 7) is 1.54. The summed E-state index contributed by atoms with van der Waals surface area (Å²) in [6, 6.07) is 19.3. The fourth-order valence-electron chi connectivity index (χ4n) is 2.53. The first-order chi connectivity index (χ1) is 12.2. The van der Waals surface area contributed by atoms with E-state index in [2.05, 4.69) is 28.2 Å². The van der Waals surface area contributed by atoms with Crippen molar-refractivity contribution in [1.82, 2.24) is 9.97 Å². The number of ketones is 1. The van der Waals surface area contributed by atoms with Gasteiger partial charge in [-0.2, -0.15) is 0 Å². The topological polar surface area (TPSA) is 52.1 Å². The summed E-state index contributed by atoms with van der Waals surface area (Å²) < 4.78 is 5.92. The molecule has 0 aliphatic heterocycles. The summed E-state index contributed by atoms with van der Waals surface area (Å²) in [6.07, 6.45) is 1.51. The summed E-state index contributed by atoms with van der Waals surface area (Å²) in [7, 11) is 0. The Kier molecular flexibility index (Phi) is 3.99. The van der Waals surface area contributed by atoms with Gasteiger partial charge in [-0.1, -0.05) is 30.3 Å². The maximum Gasteiger partial charge on any atom is 0.231 e. The van der Waals surface area contributed by atoms with Crippen LogP contribution in [0.3, 0.4) is 0 Å². The number of carbonyl (C=O) groups is 1. The van der Waals surface area contributed by atoms with Crippen LogP contribution in [0.2, 0.25) is 0 Å². The number of fused-ring (bicyclic) bond motifs is 1. The lowest BCUT2D eigenvalue weighted by Gasteiger charge is -2.05. The van der Waals surface area contributed by atoms with Gasteiger partial charge in [0.05, 0.1) is 5.39 Å². The molecule has 4 nitrogen and oxygen atoms in total. The Morgan fingerprint density at radius 1 is 1.00 bits per heavy atom. The average Bonchev–Trinajstić information content (AvgIpc) is 3.08. The molecule has 0 aliphatic carbocycles. The molecule has 0 saturated heterocycles. The average molecular weight is 346 g/mol. The zero-order valence-electron chi connectivity index (χ0n) is 13.5. The fourth-order valence-corrected chi connectivity index (χ4v) is 3.52. The zero-order valence-corrected chi connectivity index (χ0v) is 14.3. The van der Waals surface area contributed by atoms with Crippen LogP contribution >= 0.6 is 11.3 Å². The minimum Gasteiger partial charge on any atom is -0.438 e. The van der Waals surface area contributed by atoms with Crippen molar-refractivity contribution in [3.05, 3.63) is 72.6 Å². The van der Waals surface area contributed by atoms with Crippen molar-refractivity contribution in [3.63, 3.8) is 0 Å². The van der Waals surface area contributed by atoms with Crippen molar-refractivity contribution >= 4 is 27.3 Å². The van der Waals surface area contributed by atoms with Gasteiger partial charge < -0.3 is 4.74 Å². The first kappa shape index (κ1) is 15.5. The van der Waals surface area contributed by atoms with Gasteiger partial charge in [-0.3, -0.25) is 4.79 Å². The molecule has 0 saturated carbocycles. The van der Waals surface area contributed by atoms with Crippen LogP contribution in [0.25, 0.3) is 20.7 Å². The molecule has 0 fully saturated rings. The Balaban J connectivity index is 1.70. The van der Waals surface area contributed by atoms with E-state index < -0.39 is 0 Å². The molecule has 0 radical (unpaired) electrons. The van der Waals surface area contributed by atoms with Crippen molar-refractivity contribution in [3.8, 4) is 22.1 Å². The first-order valence-corrected chi connectivity index (χ1v) is 8.61. The van der Waals surface area contributed by atoms with Crippen LogP contribution in [0.5, 0.6) is 11.6 Å². The number of carbonyl (C=O) groups excluding carboxylic acids is 1. The molecule has 5 heteroatoms. The maximum absolute atomic E-state index is 11.4. The van der Waals surface area contributed by atoms with Gasteiger partial charge in [0.15, 0.2) is 5.78 Å². The number of Topliss-reactive ketones (excluding diaryl/α,β-unsaturated/α-hetero) is 1. The van der Waals surface area contributed by atoms with E-state index in [4.69, 9.17) is 4.74 Å². The normalized spacial score (nSPS) is 10.8. The third kappa shape index (κ3) is 3.14. The Morgan fingerprint density at radius 2 is 1.76 bits per heavy atom. The molecule has 25 heavy (non-hydrogen) atoms. The third-order valence-corrected chi connectivity index (χ3v) is 4.92. The van der Waals surface area contributed by atoms with Gasteiger partial charge in [-0.15, -0.1) is 11.3 Å². The Bertz CT molecular complexity index is 1040. The monoisotopic (exact) mass is 346 g/mol. The Labute approximate surface area is 148 Å². The molecule has 4 aromatic rings. The number of benzene rings is 2. The van der Waals surface area contributed by atoms with Crippen molar-refractivity contribution in [2.24, 2.45) is 0 Å². The van der Waals surface area contributed by atoms with Gasteiger partial charge in [-0.25, -0.2) is 9.97 Å². The molecule has 2 aromatic carbocycles. The highest BCUT2D eigenvalue weighted by atomic mass is 32.1. The molecular weight excluding hydrogens is 332 g/mol. The van der Waals surface area contributed by atoms with Crippen LogP contribution in [-0.2, 0) is 0 Å². The number of aromatic nitrogens is 2. The van der Waals surface area contributed by atoms with Crippen LogP contribution in [-0.4, -0.2) is 15.8 Å². The minimum atomic E-state index is 0.0290. The van der Waals surface area contributed by atoms with Gasteiger partial charge in [0.2, 0.25) is 5.88 Å². The molecule has 0 atom stereocenters. The highest BCUT2D eigenvalue weighted by Gasteiger charge is 2.12. The number of ether oxygens (including phenoxy) is 1. The highest BCUT2D eigenvalue weighted by molar-refractivity contribution is 7.21. The van der Waals surface area contributed by atoms with Crippen LogP contribution in [0, 0.1) is 0 Å². The summed E-state index contributed by atoms with van der Waals surface area (Å²) in [5.74, 6) is 1.18. The largest absolute Gasteiger partial charge is 0.438 e. The molecular formula is C20H14N2O2S. The van der Waals surface area contributed by atoms with Gasteiger partial charge in [0, 0.05) is 10.4 Å². The summed E-state index contributed by atoms with van der Waals surface area (Å²) in [4.78, 5) is 22.0. The van der Waals surface area contributed by atoms with Gasteiger partial charge >= 0.3 is 0 Å². The van der Waals surface area contributed by atoms with E-state index in [1.807, 2.05) is 18.2 Å². The van der Waals surface area contributed by atoms with E-state index in [0.29, 0.717) is 17.2 Å². The Hall–Kier alpha value is -3.05. The second-order valence-electron chi connectivity index (χ2n) is 5.56. The van der Waals surface area contributed by atoms with Crippen LogP contribution in [0.4, 0.5) is 0 Å². The standard InChI is InChI=1S/C20H14N2O2S/c1-13(23)14-7-9-16(10-8-14)24-19-17-11-18(15-5-3-2-4-6-15)25-20(17)22-12-21-19/h2-12H,1H3. The van der Waals surface area contributed by atoms with Crippen molar-refractivity contribution in [2.75, 3.05) is 0 Å². The van der Waals surface area contributed by atoms with Gasteiger partial charge in [0.25, 0.3) is 0 Å². The lowest BCUT2D eigenvalue weighted by Crippen LogP contribution is -1.93. The predicted molar refractivity (Wildman–Crippen MR) is 99.4 cm³/mol. The fraction of sp³-hybridized carbons (Fsp3) is 0.0500. The second kappa shape index (κ2) is 6.45. The lowest BCUT2D eigenvalue weighted by molar-refractivity contribution is 0.101. The van der Waals surface area contributed by atoms with Crippen LogP contribution in [0.1, 0.15) is 17.3 Å². The molecule has 122 valence electrons. The number of thiophene rings is 1. The Morgan fingerprint density at radius 3 is 2.48 bits per heavy atom. The molecule has 0 bridgehead atoms. The van der Waals surface area contributed by atoms with E-state index in [1.165, 1.54) is 6.33 Å². The zero-order chi connectivity index (χ0) is 17.2. The van der Waals surface area contributed by atoms with Crippen molar-refractivity contribution in [2.45, 2.75) is 6.92 Å². The van der Waals surface area contributed by atoms with Crippen molar-refractivity contribution in [1.29, 1.82) is 0 Å². The SMILES string of the molecule is CC(=O)c1ccc(Oc2ncnc3sc(-c4ccccc4)cc23)cc1. The quantitative estimate of drug-likeness (QED) is 0.467. The number of rotatable bonds is 4. The van der Waals surface area contributed by atoms with Gasteiger partial charge in [0.1, 0.15) is 16.9 Å².